The van der Waals surface area contributed by atoms with Gasteiger partial charge in [-0.15, -0.1) is 0 Å². The van der Waals surface area contributed by atoms with Crippen LogP contribution in [0.25, 0.3) is 0 Å². The standard InChI is InChI=1S/C14H22N2O2S/c1-11-8-15-9-14(11)16-19(17,18)10-12(2)13-6-4-3-5-7-13/h3-7,11-12,14-16H,8-10H2,1-2H3. The molecule has 0 aromatic heterocycles. The molecule has 19 heavy (non-hydrogen) atoms. The molecule has 0 aliphatic carbocycles. The molecule has 0 saturated carbocycles. The zero-order chi connectivity index (χ0) is 13.9. The van der Waals surface area contributed by atoms with Crippen LogP contribution in [0.5, 0.6) is 0 Å². The van der Waals surface area contributed by atoms with E-state index >= 15 is 0 Å². The molecule has 1 aliphatic rings. The summed E-state index contributed by atoms with van der Waals surface area (Å²) < 4.78 is 27.2. The normalized spacial score (nSPS) is 25.4. The Morgan fingerprint density at radius 2 is 2.00 bits per heavy atom. The lowest BCUT2D eigenvalue weighted by Crippen LogP contribution is -2.41. The fraction of sp³-hybridized carbons (Fsp3) is 0.571. The summed E-state index contributed by atoms with van der Waals surface area (Å²) in [5.74, 6) is 0.491. The first-order valence-electron chi connectivity index (χ1n) is 6.73. The summed E-state index contributed by atoms with van der Waals surface area (Å²) >= 11 is 0. The van der Waals surface area contributed by atoms with Crippen LogP contribution in [0.1, 0.15) is 25.3 Å². The Kier molecular flexibility index (Phi) is 4.60. The molecule has 1 aromatic rings. The lowest BCUT2D eigenvalue weighted by Gasteiger charge is -2.18. The molecule has 1 aliphatic heterocycles. The monoisotopic (exact) mass is 282 g/mol. The Morgan fingerprint density at radius 3 is 2.58 bits per heavy atom. The quantitative estimate of drug-likeness (QED) is 0.856. The first-order chi connectivity index (χ1) is 8.98. The van der Waals surface area contributed by atoms with Gasteiger partial charge in [-0.25, -0.2) is 13.1 Å². The van der Waals surface area contributed by atoms with Crippen molar-refractivity contribution in [1.82, 2.24) is 10.0 Å². The van der Waals surface area contributed by atoms with E-state index in [1.54, 1.807) is 0 Å². The smallest absolute Gasteiger partial charge is 0.212 e. The molecule has 0 radical (unpaired) electrons. The average Bonchev–Trinajstić information content (AvgIpc) is 2.75. The fourth-order valence-corrected chi connectivity index (χ4v) is 4.18. The molecule has 0 spiro atoms. The molecule has 5 heteroatoms. The second-order valence-electron chi connectivity index (χ2n) is 5.45. The SMILES string of the molecule is CC(CS(=O)(=O)NC1CNCC1C)c1ccccc1. The highest BCUT2D eigenvalue weighted by Crippen LogP contribution is 2.17. The Bertz CT molecular complexity index is 501. The van der Waals surface area contributed by atoms with E-state index in [1.807, 2.05) is 37.3 Å². The van der Waals surface area contributed by atoms with E-state index in [4.69, 9.17) is 0 Å². The van der Waals surface area contributed by atoms with Crippen molar-refractivity contribution in [3.8, 4) is 0 Å². The van der Waals surface area contributed by atoms with Gasteiger partial charge in [0.1, 0.15) is 0 Å². The van der Waals surface area contributed by atoms with Gasteiger partial charge in [-0.3, -0.25) is 0 Å². The van der Waals surface area contributed by atoms with E-state index in [2.05, 4.69) is 17.0 Å². The Morgan fingerprint density at radius 1 is 1.32 bits per heavy atom. The minimum atomic E-state index is -3.24. The lowest BCUT2D eigenvalue weighted by atomic mass is 10.0. The maximum atomic E-state index is 12.2. The van der Waals surface area contributed by atoms with E-state index in [-0.39, 0.29) is 17.7 Å². The molecular weight excluding hydrogens is 260 g/mol. The lowest BCUT2D eigenvalue weighted by molar-refractivity contribution is 0.501. The number of sulfonamides is 1. The first kappa shape index (κ1) is 14.5. The Hall–Kier alpha value is -0.910. The molecule has 106 valence electrons. The summed E-state index contributed by atoms with van der Waals surface area (Å²) in [6, 6.07) is 9.78. The fourth-order valence-electron chi connectivity index (χ4n) is 2.45. The minimum absolute atomic E-state index is 0.00312. The van der Waals surface area contributed by atoms with Crippen LogP contribution in [0.2, 0.25) is 0 Å². The predicted molar refractivity (Wildman–Crippen MR) is 77.6 cm³/mol. The van der Waals surface area contributed by atoms with E-state index in [9.17, 15) is 8.42 Å². The van der Waals surface area contributed by atoms with Crippen molar-refractivity contribution < 1.29 is 8.42 Å². The van der Waals surface area contributed by atoms with Crippen molar-refractivity contribution in [2.45, 2.75) is 25.8 Å². The Labute approximate surface area is 115 Å². The van der Waals surface area contributed by atoms with Gasteiger partial charge in [-0.1, -0.05) is 44.2 Å². The maximum Gasteiger partial charge on any atom is 0.212 e. The molecule has 3 unspecified atom stereocenters. The summed E-state index contributed by atoms with van der Waals surface area (Å²) in [6.45, 7) is 5.61. The van der Waals surface area contributed by atoms with Crippen LogP contribution in [-0.4, -0.2) is 33.3 Å². The zero-order valence-electron chi connectivity index (χ0n) is 11.5. The van der Waals surface area contributed by atoms with Crippen LogP contribution in [0.4, 0.5) is 0 Å². The molecule has 0 amide bonds. The van der Waals surface area contributed by atoms with Gasteiger partial charge >= 0.3 is 0 Å². The number of nitrogens with one attached hydrogen (secondary N) is 2. The molecular formula is C14H22N2O2S. The zero-order valence-corrected chi connectivity index (χ0v) is 12.3. The summed E-state index contributed by atoms with van der Waals surface area (Å²) in [6.07, 6.45) is 0. The molecule has 1 saturated heterocycles. The topological polar surface area (TPSA) is 58.2 Å². The van der Waals surface area contributed by atoms with Gasteiger partial charge in [0.05, 0.1) is 5.75 Å². The third-order valence-electron chi connectivity index (χ3n) is 3.69. The number of hydrogen-bond donors (Lipinski definition) is 2. The van der Waals surface area contributed by atoms with Crippen molar-refractivity contribution >= 4 is 10.0 Å². The Balaban J connectivity index is 1.97. The van der Waals surface area contributed by atoms with Crippen molar-refractivity contribution in [3.63, 3.8) is 0 Å². The van der Waals surface area contributed by atoms with Crippen molar-refractivity contribution in [1.29, 1.82) is 0 Å². The molecule has 1 fully saturated rings. The van der Waals surface area contributed by atoms with Crippen LogP contribution in [0.3, 0.4) is 0 Å². The van der Waals surface area contributed by atoms with Gasteiger partial charge in [-0.05, 0) is 23.9 Å². The molecule has 3 atom stereocenters. The number of benzene rings is 1. The summed E-state index contributed by atoms with van der Waals surface area (Å²) in [5, 5.41) is 3.20. The predicted octanol–water partition coefficient (Wildman–Crippen LogP) is 1.32. The van der Waals surface area contributed by atoms with E-state index < -0.39 is 10.0 Å². The first-order valence-corrected chi connectivity index (χ1v) is 8.39. The van der Waals surface area contributed by atoms with Crippen LogP contribution in [-0.2, 0) is 10.0 Å². The van der Waals surface area contributed by atoms with Crippen LogP contribution in [0.15, 0.2) is 30.3 Å². The van der Waals surface area contributed by atoms with Crippen molar-refractivity contribution in [3.05, 3.63) is 35.9 Å². The number of rotatable bonds is 5. The molecule has 2 N–H and O–H groups in total. The largest absolute Gasteiger partial charge is 0.315 e. The van der Waals surface area contributed by atoms with Crippen molar-refractivity contribution in [2.24, 2.45) is 5.92 Å². The third kappa shape index (κ3) is 4.03. The average molecular weight is 282 g/mol. The highest BCUT2D eigenvalue weighted by Gasteiger charge is 2.28. The highest BCUT2D eigenvalue weighted by molar-refractivity contribution is 7.89. The summed E-state index contributed by atoms with van der Waals surface area (Å²) in [5.41, 5.74) is 1.06. The number of hydrogen-bond acceptors (Lipinski definition) is 3. The summed E-state index contributed by atoms with van der Waals surface area (Å²) in [7, 11) is -3.24. The van der Waals surface area contributed by atoms with Crippen molar-refractivity contribution in [2.75, 3.05) is 18.8 Å². The minimum Gasteiger partial charge on any atom is -0.315 e. The molecule has 0 bridgehead atoms. The van der Waals surface area contributed by atoms with E-state index in [0.717, 1.165) is 18.7 Å². The second-order valence-corrected chi connectivity index (χ2v) is 7.25. The third-order valence-corrected chi connectivity index (χ3v) is 5.29. The molecule has 2 rings (SSSR count). The van der Waals surface area contributed by atoms with Gasteiger partial charge in [0.25, 0.3) is 0 Å². The molecule has 1 aromatic carbocycles. The van der Waals surface area contributed by atoms with Gasteiger partial charge in [0.2, 0.25) is 10.0 Å². The van der Waals surface area contributed by atoms with Crippen LogP contribution < -0.4 is 10.0 Å². The van der Waals surface area contributed by atoms with Crippen LogP contribution in [0, 0.1) is 5.92 Å². The van der Waals surface area contributed by atoms with Gasteiger partial charge in [-0.2, -0.15) is 0 Å². The highest BCUT2D eigenvalue weighted by atomic mass is 32.2. The van der Waals surface area contributed by atoms with Gasteiger partial charge < -0.3 is 5.32 Å². The summed E-state index contributed by atoms with van der Waals surface area (Å²) in [4.78, 5) is 0. The van der Waals surface area contributed by atoms with Gasteiger partial charge in [0.15, 0.2) is 0 Å². The van der Waals surface area contributed by atoms with E-state index in [1.165, 1.54) is 0 Å². The molecule has 4 nitrogen and oxygen atoms in total. The second kappa shape index (κ2) is 6.03. The molecule has 1 heterocycles. The van der Waals surface area contributed by atoms with Gasteiger partial charge in [0, 0.05) is 12.6 Å². The van der Waals surface area contributed by atoms with E-state index in [0.29, 0.717) is 5.92 Å². The maximum absolute atomic E-state index is 12.2. The van der Waals surface area contributed by atoms with Crippen LogP contribution >= 0.6 is 0 Å².